The molecule has 2 aromatic heterocycles. The highest BCUT2D eigenvalue weighted by Gasteiger charge is 2.13. The fourth-order valence-corrected chi connectivity index (χ4v) is 3.93. The zero-order valence-electron chi connectivity index (χ0n) is 16.7. The lowest BCUT2D eigenvalue weighted by molar-refractivity contribution is -0.118. The predicted molar refractivity (Wildman–Crippen MR) is 112 cm³/mol. The van der Waals surface area contributed by atoms with E-state index in [1.165, 1.54) is 17.3 Å². The smallest absolute Gasteiger partial charge is 0.230 e. The molecule has 1 aromatic carbocycles. The van der Waals surface area contributed by atoms with Gasteiger partial charge >= 0.3 is 0 Å². The van der Waals surface area contributed by atoms with Crippen LogP contribution in [0.15, 0.2) is 47.9 Å². The summed E-state index contributed by atoms with van der Waals surface area (Å²) in [4.78, 5) is 16.6. The number of carbonyl (C=O) groups is 1. The van der Waals surface area contributed by atoms with Crippen LogP contribution in [-0.2, 0) is 24.4 Å². The second-order valence-corrected chi connectivity index (χ2v) is 7.70. The van der Waals surface area contributed by atoms with E-state index in [1.807, 2.05) is 36.0 Å². The molecule has 0 aliphatic carbocycles. The van der Waals surface area contributed by atoms with Crippen LogP contribution >= 0.6 is 11.8 Å². The van der Waals surface area contributed by atoms with Crippen LogP contribution in [0.1, 0.15) is 35.9 Å². The van der Waals surface area contributed by atoms with Crippen LogP contribution in [0.25, 0.3) is 0 Å². The van der Waals surface area contributed by atoms with Crippen LogP contribution in [-0.4, -0.2) is 31.0 Å². The molecule has 3 rings (SSSR count). The van der Waals surface area contributed by atoms with Crippen LogP contribution in [0.5, 0.6) is 0 Å². The standard InChI is InChI=1S/C21H27N5OS/c1-4-11-25-12-10-22-21(25)28-15-20(27)23-13-19-16(2)24-26(17(19)3)14-18-8-6-5-7-9-18/h5-10,12H,4,11,13-15H2,1-3H3,(H,23,27). The number of benzene rings is 1. The number of imidazole rings is 1. The quantitative estimate of drug-likeness (QED) is 0.561. The summed E-state index contributed by atoms with van der Waals surface area (Å²) in [5.74, 6) is 0.363. The van der Waals surface area contributed by atoms with Gasteiger partial charge in [-0.25, -0.2) is 4.98 Å². The summed E-state index contributed by atoms with van der Waals surface area (Å²) in [7, 11) is 0. The van der Waals surface area contributed by atoms with Gasteiger partial charge in [-0.1, -0.05) is 49.0 Å². The third kappa shape index (κ3) is 5.04. The highest BCUT2D eigenvalue weighted by molar-refractivity contribution is 7.99. The predicted octanol–water partition coefficient (Wildman–Crippen LogP) is 3.56. The Morgan fingerprint density at radius 2 is 2.00 bits per heavy atom. The SMILES string of the molecule is CCCn1ccnc1SCC(=O)NCc1c(C)nn(Cc2ccccc2)c1C. The van der Waals surface area contributed by atoms with Crippen LogP contribution in [0.4, 0.5) is 0 Å². The number of aromatic nitrogens is 4. The molecular weight excluding hydrogens is 370 g/mol. The zero-order valence-corrected chi connectivity index (χ0v) is 17.5. The van der Waals surface area contributed by atoms with E-state index in [9.17, 15) is 4.79 Å². The lowest BCUT2D eigenvalue weighted by atomic mass is 10.2. The molecule has 0 aliphatic rings. The van der Waals surface area contributed by atoms with E-state index >= 15 is 0 Å². The number of rotatable bonds is 9. The molecule has 2 heterocycles. The minimum Gasteiger partial charge on any atom is -0.351 e. The van der Waals surface area contributed by atoms with Crippen molar-refractivity contribution in [1.82, 2.24) is 24.6 Å². The second kappa shape index (κ2) is 9.59. The molecule has 6 nitrogen and oxygen atoms in total. The molecule has 28 heavy (non-hydrogen) atoms. The minimum atomic E-state index is 0.00524. The van der Waals surface area contributed by atoms with Crippen molar-refractivity contribution in [2.75, 3.05) is 5.75 Å². The Bertz CT molecular complexity index is 916. The van der Waals surface area contributed by atoms with E-state index in [0.717, 1.165) is 41.6 Å². The van der Waals surface area contributed by atoms with Gasteiger partial charge in [0.05, 0.1) is 18.0 Å². The Morgan fingerprint density at radius 3 is 2.75 bits per heavy atom. The molecule has 7 heteroatoms. The number of aryl methyl sites for hydroxylation is 2. The number of hydrogen-bond donors (Lipinski definition) is 1. The van der Waals surface area contributed by atoms with E-state index in [2.05, 4.69) is 45.9 Å². The van der Waals surface area contributed by atoms with Crippen molar-refractivity contribution in [1.29, 1.82) is 0 Å². The summed E-state index contributed by atoms with van der Waals surface area (Å²) in [5, 5.41) is 8.56. The summed E-state index contributed by atoms with van der Waals surface area (Å²) < 4.78 is 4.09. The number of nitrogens with one attached hydrogen (secondary N) is 1. The molecule has 0 atom stereocenters. The Balaban J connectivity index is 1.55. The maximum absolute atomic E-state index is 12.3. The largest absolute Gasteiger partial charge is 0.351 e. The highest BCUT2D eigenvalue weighted by atomic mass is 32.2. The number of nitrogens with zero attached hydrogens (tertiary/aromatic N) is 4. The fraction of sp³-hybridized carbons (Fsp3) is 0.381. The topological polar surface area (TPSA) is 64.7 Å². The van der Waals surface area contributed by atoms with Crippen molar-refractivity contribution in [2.45, 2.75) is 52.0 Å². The first-order valence-electron chi connectivity index (χ1n) is 9.56. The average Bonchev–Trinajstić information content (AvgIpc) is 3.24. The summed E-state index contributed by atoms with van der Waals surface area (Å²) in [6, 6.07) is 10.3. The molecule has 0 aliphatic heterocycles. The van der Waals surface area contributed by atoms with E-state index in [4.69, 9.17) is 0 Å². The molecular formula is C21H27N5OS. The first-order chi connectivity index (χ1) is 13.6. The van der Waals surface area contributed by atoms with Gasteiger partial charge in [-0.2, -0.15) is 5.10 Å². The zero-order chi connectivity index (χ0) is 19.9. The summed E-state index contributed by atoms with van der Waals surface area (Å²) in [5.41, 5.74) is 4.34. The van der Waals surface area contributed by atoms with Crippen LogP contribution < -0.4 is 5.32 Å². The maximum Gasteiger partial charge on any atom is 0.230 e. The molecule has 0 radical (unpaired) electrons. The van der Waals surface area contributed by atoms with Crippen molar-refractivity contribution in [3.05, 3.63) is 65.2 Å². The molecule has 0 bridgehead atoms. The molecule has 0 saturated heterocycles. The average molecular weight is 398 g/mol. The molecule has 0 saturated carbocycles. The van der Waals surface area contributed by atoms with Crippen molar-refractivity contribution < 1.29 is 4.79 Å². The first-order valence-corrected chi connectivity index (χ1v) is 10.5. The Labute approximate surface area is 170 Å². The van der Waals surface area contributed by atoms with E-state index < -0.39 is 0 Å². The van der Waals surface area contributed by atoms with Gasteiger partial charge in [0.15, 0.2) is 5.16 Å². The third-order valence-electron chi connectivity index (χ3n) is 4.64. The number of hydrogen-bond acceptors (Lipinski definition) is 4. The van der Waals surface area contributed by atoms with Crippen LogP contribution in [0, 0.1) is 13.8 Å². The molecule has 0 spiro atoms. The third-order valence-corrected chi connectivity index (χ3v) is 5.65. The van der Waals surface area contributed by atoms with Gasteiger partial charge in [0.1, 0.15) is 0 Å². The summed E-state index contributed by atoms with van der Waals surface area (Å²) in [6.45, 7) is 8.33. The van der Waals surface area contributed by atoms with Gasteiger partial charge in [0, 0.05) is 36.7 Å². The Kier molecular flexibility index (Phi) is 6.92. The lowest BCUT2D eigenvalue weighted by Crippen LogP contribution is -2.25. The van der Waals surface area contributed by atoms with Crippen molar-refractivity contribution >= 4 is 17.7 Å². The molecule has 1 amide bonds. The highest BCUT2D eigenvalue weighted by Crippen LogP contribution is 2.17. The Morgan fingerprint density at radius 1 is 1.21 bits per heavy atom. The number of thioether (sulfide) groups is 1. The van der Waals surface area contributed by atoms with Gasteiger partial charge in [0.2, 0.25) is 5.91 Å². The first kappa shape index (κ1) is 20.2. The van der Waals surface area contributed by atoms with Gasteiger partial charge < -0.3 is 9.88 Å². The molecule has 0 unspecified atom stereocenters. The van der Waals surface area contributed by atoms with Crippen LogP contribution in [0.3, 0.4) is 0 Å². The lowest BCUT2D eigenvalue weighted by Gasteiger charge is -2.08. The van der Waals surface area contributed by atoms with Crippen LogP contribution in [0.2, 0.25) is 0 Å². The molecule has 1 N–H and O–H groups in total. The van der Waals surface area contributed by atoms with E-state index in [-0.39, 0.29) is 5.91 Å². The Hall–Kier alpha value is -2.54. The van der Waals surface area contributed by atoms with Gasteiger partial charge in [-0.3, -0.25) is 9.48 Å². The van der Waals surface area contributed by atoms with Gasteiger partial charge in [-0.15, -0.1) is 0 Å². The van der Waals surface area contributed by atoms with E-state index in [0.29, 0.717) is 12.3 Å². The summed E-state index contributed by atoms with van der Waals surface area (Å²) in [6.07, 6.45) is 4.78. The van der Waals surface area contributed by atoms with Gasteiger partial charge in [-0.05, 0) is 25.8 Å². The number of amides is 1. The minimum absolute atomic E-state index is 0.00524. The fourth-order valence-electron chi connectivity index (χ4n) is 3.11. The second-order valence-electron chi connectivity index (χ2n) is 6.76. The van der Waals surface area contributed by atoms with Crippen molar-refractivity contribution in [3.8, 4) is 0 Å². The maximum atomic E-state index is 12.3. The monoisotopic (exact) mass is 397 g/mol. The molecule has 148 valence electrons. The van der Waals surface area contributed by atoms with E-state index in [1.54, 1.807) is 6.20 Å². The normalized spacial score (nSPS) is 11.0. The van der Waals surface area contributed by atoms with Gasteiger partial charge in [0.25, 0.3) is 0 Å². The van der Waals surface area contributed by atoms with Crippen molar-refractivity contribution in [3.63, 3.8) is 0 Å². The van der Waals surface area contributed by atoms with Crippen molar-refractivity contribution in [2.24, 2.45) is 0 Å². The number of carbonyl (C=O) groups excluding carboxylic acids is 1. The summed E-state index contributed by atoms with van der Waals surface area (Å²) >= 11 is 1.47. The molecule has 3 aromatic rings. The molecule has 0 fully saturated rings.